The van der Waals surface area contributed by atoms with Crippen LogP contribution in [0.5, 0.6) is 0 Å². The normalized spacial score (nSPS) is 13.4. The Kier molecular flexibility index (Phi) is 68.0. The molecule has 0 saturated heterocycles. The van der Waals surface area contributed by atoms with Crippen molar-refractivity contribution in [3.8, 4) is 0 Å². The lowest BCUT2D eigenvalue weighted by Gasteiger charge is -2.15. The van der Waals surface area contributed by atoms with E-state index in [1.54, 1.807) is 0 Å². The molecule has 0 fully saturated rings. The number of ether oxygens (including phenoxy) is 2. The lowest BCUT2D eigenvalue weighted by Crippen LogP contribution is -2.28. The summed E-state index contributed by atoms with van der Waals surface area (Å²) in [6.45, 7) is 3.91. The molecule has 0 aromatic rings. The van der Waals surface area contributed by atoms with E-state index in [1.165, 1.54) is 109 Å². The van der Waals surface area contributed by atoms with Gasteiger partial charge in [0.1, 0.15) is 6.61 Å². The number of carbonyl (C=O) groups is 2. The van der Waals surface area contributed by atoms with Crippen molar-refractivity contribution in [3.63, 3.8) is 0 Å². The summed E-state index contributed by atoms with van der Waals surface area (Å²) in [7, 11) is 0. The van der Waals surface area contributed by atoms with Crippen molar-refractivity contribution >= 4 is 11.9 Å². The molecular weight excluding hydrogens is 1030 g/mol. The van der Waals surface area contributed by atoms with Gasteiger partial charge in [-0.15, -0.1) is 0 Å². The highest BCUT2D eigenvalue weighted by Crippen LogP contribution is 2.16. The number of esters is 2. The van der Waals surface area contributed by atoms with Gasteiger partial charge >= 0.3 is 11.9 Å². The summed E-state index contributed by atoms with van der Waals surface area (Å²) in [5.74, 6) is -0.612. The summed E-state index contributed by atoms with van der Waals surface area (Å²) in [4.78, 5) is 24.7. The minimum absolute atomic E-state index is 0.0810. The molecule has 0 heterocycles. The van der Waals surface area contributed by atoms with Crippen LogP contribution in [-0.2, 0) is 19.1 Å². The van der Waals surface area contributed by atoms with Crippen molar-refractivity contribution in [1.29, 1.82) is 0 Å². The zero-order chi connectivity index (χ0) is 60.5. The van der Waals surface area contributed by atoms with Crippen LogP contribution < -0.4 is 0 Å². The van der Waals surface area contributed by atoms with Crippen LogP contribution in [0.4, 0.5) is 0 Å². The second-order valence-corrected chi connectivity index (χ2v) is 22.1. The first kappa shape index (κ1) is 79.0. The fourth-order valence-electron chi connectivity index (χ4n) is 9.14. The molecule has 0 spiro atoms. The largest absolute Gasteiger partial charge is 0.462 e. The van der Waals surface area contributed by atoms with Crippen LogP contribution in [0.25, 0.3) is 0 Å². The van der Waals surface area contributed by atoms with E-state index in [4.69, 9.17) is 9.47 Å². The molecule has 0 bridgehead atoms. The van der Waals surface area contributed by atoms with Gasteiger partial charge in [0.25, 0.3) is 0 Å². The number of aliphatic hydroxyl groups is 1. The van der Waals surface area contributed by atoms with Crippen LogP contribution in [0.15, 0.2) is 182 Å². The molecule has 0 aromatic carbocycles. The van der Waals surface area contributed by atoms with Gasteiger partial charge in [-0.3, -0.25) is 9.59 Å². The smallest absolute Gasteiger partial charge is 0.306 e. The Morgan fingerprint density at radius 2 is 0.476 bits per heavy atom. The molecule has 84 heavy (non-hydrogen) atoms. The van der Waals surface area contributed by atoms with E-state index in [9.17, 15) is 14.7 Å². The predicted octanol–water partition coefficient (Wildman–Crippen LogP) is 24.2. The Bertz CT molecular complexity index is 1890. The van der Waals surface area contributed by atoms with Crippen molar-refractivity contribution in [2.24, 2.45) is 0 Å². The van der Waals surface area contributed by atoms with Gasteiger partial charge in [0, 0.05) is 12.8 Å². The van der Waals surface area contributed by atoms with Gasteiger partial charge in [0.2, 0.25) is 0 Å². The molecule has 5 nitrogen and oxygen atoms in total. The van der Waals surface area contributed by atoms with E-state index in [0.29, 0.717) is 12.8 Å². The van der Waals surface area contributed by atoms with Gasteiger partial charge in [0.05, 0.1) is 6.61 Å². The molecule has 472 valence electrons. The monoisotopic (exact) mass is 1150 g/mol. The predicted molar refractivity (Wildman–Crippen MR) is 370 cm³/mol. The lowest BCUT2D eigenvalue weighted by molar-refractivity contribution is -0.161. The average molecular weight is 1160 g/mol. The maximum absolute atomic E-state index is 12.4. The fourth-order valence-corrected chi connectivity index (χ4v) is 9.14. The average Bonchev–Trinajstić information content (AvgIpc) is 3.51. The summed E-state index contributed by atoms with van der Waals surface area (Å²) < 4.78 is 10.7. The van der Waals surface area contributed by atoms with E-state index < -0.39 is 6.10 Å². The van der Waals surface area contributed by atoms with Crippen LogP contribution in [0.1, 0.15) is 284 Å². The molecule has 1 unspecified atom stereocenters. The van der Waals surface area contributed by atoms with Crippen molar-refractivity contribution in [2.45, 2.75) is 290 Å². The molecular formula is C79H126O5. The van der Waals surface area contributed by atoms with Crippen molar-refractivity contribution in [3.05, 3.63) is 182 Å². The van der Waals surface area contributed by atoms with E-state index in [0.717, 1.165) is 148 Å². The van der Waals surface area contributed by atoms with Crippen LogP contribution in [0.3, 0.4) is 0 Å². The number of unbranched alkanes of at least 4 members (excludes halogenated alkanes) is 23. The Labute approximate surface area is 518 Å². The van der Waals surface area contributed by atoms with Gasteiger partial charge < -0.3 is 14.6 Å². The second-order valence-electron chi connectivity index (χ2n) is 22.1. The minimum atomic E-state index is -0.794. The standard InChI is InChI=1S/C79H126O5/c1-3-5-7-9-11-13-15-17-19-21-23-25-27-29-31-33-35-37-38-39-40-42-44-46-48-50-52-54-56-58-60-62-64-66-68-70-72-74-79(82)84-77(75-80)76-83-78(81)73-71-69-67-65-63-61-59-57-55-53-51-49-47-45-43-41-36-34-32-30-28-26-24-22-20-18-16-14-12-10-8-6-4-2/h5-8,11-14,17-20,23-26,29-32,35,37,39-40,44,46,50,52,56,58,77,80H,3-4,9-10,15-16,21-22,27-28,33-34,36,38,41-43,45,47-49,51,53-55,57,59-76H2,1-2H3/b7-5-,8-6-,13-11-,14-12-,19-17-,20-18-,25-23-,26-24-,31-29-,32-30-,37-35-,40-39-,46-44-,52-50-,58-56-. The zero-order valence-electron chi connectivity index (χ0n) is 54.1. The molecule has 0 aliphatic heterocycles. The molecule has 0 amide bonds. The first-order chi connectivity index (χ1) is 41.6. The highest BCUT2D eigenvalue weighted by molar-refractivity contribution is 5.70. The highest BCUT2D eigenvalue weighted by Gasteiger charge is 2.16. The fraction of sp³-hybridized carbons (Fsp3) is 0.595. The molecule has 0 aliphatic rings. The van der Waals surface area contributed by atoms with Crippen LogP contribution in [0, 0.1) is 0 Å². The SMILES string of the molecule is CC/C=C\C/C=C\C/C=C\C/C=C\C/C=C\C/C=C\C/C=C\C/C=C\C/C=C\C/C=C\CCCCCCCCC(=O)OC(CO)COC(=O)CCCCCCCCCCCCCCCCCCC/C=C\C/C=C\C/C=C\C/C=C\C/C=C\CC. The molecule has 1 N–H and O–H groups in total. The van der Waals surface area contributed by atoms with Crippen molar-refractivity contribution in [2.75, 3.05) is 13.2 Å². The maximum Gasteiger partial charge on any atom is 0.306 e. The molecule has 5 heteroatoms. The topological polar surface area (TPSA) is 72.8 Å². The van der Waals surface area contributed by atoms with Gasteiger partial charge in [-0.05, 0) is 135 Å². The number of allylic oxidation sites excluding steroid dienone is 30. The molecule has 0 saturated carbocycles. The van der Waals surface area contributed by atoms with Crippen LogP contribution in [-0.4, -0.2) is 36.4 Å². The zero-order valence-corrected chi connectivity index (χ0v) is 54.1. The summed E-state index contributed by atoms with van der Waals surface area (Å²) >= 11 is 0. The summed E-state index contributed by atoms with van der Waals surface area (Å²) in [6, 6.07) is 0. The molecule has 1 atom stereocenters. The van der Waals surface area contributed by atoms with E-state index in [-0.39, 0.29) is 25.2 Å². The third-order valence-electron chi connectivity index (χ3n) is 14.2. The quantitative estimate of drug-likeness (QED) is 0.0373. The molecule has 0 rings (SSSR count). The van der Waals surface area contributed by atoms with Gasteiger partial charge in [-0.2, -0.15) is 0 Å². The highest BCUT2D eigenvalue weighted by atomic mass is 16.6. The first-order valence-corrected chi connectivity index (χ1v) is 34.3. The van der Waals surface area contributed by atoms with Gasteiger partial charge in [-0.1, -0.05) is 318 Å². The van der Waals surface area contributed by atoms with Crippen molar-refractivity contribution in [1.82, 2.24) is 0 Å². The number of hydrogen-bond acceptors (Lipinski definition) is 5. The molecule has 0 aliphatic carbocycles. The van der Waals surface area contributed by atoms with E-state index >= 15 is 0 Å². The summed E-state index contributed by atoms with van der Waals surface area (Å²) in [6.07, 6.45) is 113. The number of hydrogen-bond donors (Lipinski definition) is 1. The second kappa shape index (κ2) is 72.3. The van der Waals surface area contributed by atoms with E-state index in [1.807, 2.05) is 0 Å². The number of carbonyl (C=O) groups excluding carboxylic acids is 2. The molecule has 0 aromatic heterocycles. The number of aliphatic hydroxyl groups excluding tert-OH is 1. The third-order valence-corrected chi connectivity index (χ3v) is 14.2. The molecule has 0 radical (unpaired) electrons. The Balaban J connectivity index is 3.58. The summed E-state index contributed by atoms with van der Waals surface area (Å²) in [5, 5.41) is 9.70. The first-order valence-electron chi connectivity index (χ1n) is 34.3. The van der Waals surface area contributed by atoms with Crippen LogP contribution in [0.2, 0.25) is 0 Å². The van der Waals surface area contributed by atoms with Crippen LogP contribution >= 0.6 is 0 Å². The summed E-state index contributed by atoms with van der Waals surface area (Å²) in [5.41, 5.74) is 0. The Morgan fingerprint density at radius 3 is 0.714 bits per heavy atom. The lowest BCUT2D eigenvalue weighted by atomic mass is 10.0. The van der Waals surface area contributed by atoms with Gasteiger partial charge in [-0.25, -0.2) is 0 Å². The number of rotatable bonds is 61. The van der Waals surface area contributed by atoms with Gasteiger partial charge in [0.15, 0.2) is 6.10 Å². The Hall–Kier alpha value is -5.00. The van der Waals surface area contributed by atoms with E-state index in [2.05, 4.69) is 196 Å². The maximum atomic E-state index is 12.4. The third kappa shape index (κ3) is 69.5. The minimum Gasteiger partial charge on any atom is -0.462 e. The van der Waals surface area contributed by atoms with Crippen molar-refractivity contribution < 1.29 is 24.2 Å². The Morgan fingerprint density at radius 1 is 0.274 bits per heavy atom.